The van der Waals surface area contributed by atoms with E-state index in [2.05, 4.69) is 34.5 Å². The summed E-state index contributed by atoms with van der Waals surface area (Å²) in [5.74, 6) is 0.179. The minimum absolute atomic E-state index is 0.179. The lowest BCUT2D eigenvalue weighted by Crippen LogP contribution is -2.26. The van der Waals surface area contributed by atoms with E-state index in [0.29, 0.717) is 13.0 Å². The second kappa shape index (κ2) is 6.91. The molecular formula is C19H24N4O. The molecule has 0 atom stereocenters. The third-order valence-corrected chi connectivity index (χ3v) is 4.68. The van der Waals surface area contributed by atoms with Crippen molar-refractivity contribution in [2.75, 3.05) is 7.05 Å². The fraction of sp³-hybridized carbons (Fsp3) is 0.368. The van der Waals surface area contributed by atoms with Crippen LogP contribution < -0.4 is 0 Å². The number of nitrogens with zero attached hydrogens (tertiary/aromatic N) is 3. The van der Waals surface area contributed by atoms with Gasteiger partial charge in [-0.15, -0.1) is 0 Å². The molecule has 0 aliphatic heterocycles. The van der Waals surface area contributed by atoms with E-state index in [-0.39, 0.29) is 5.91 Å². The third-order valence-electron chi connectivity index (χ3n) is 4.68. The van der Waals surface area contributed by atoms with Gasteiger partial charge in [0.05, 0.1) is 6.20 Å². The summed E-state index contributed by atoms with van der Waals surface area (Å²) in [5, 5.41) is 5.48. The van der Waals surface area contributed by atoms with Crippen molar-refractivity contribution in [3.8, 4) is 0 Å². The quantitative estimate of drug-likeness (QED) is 0.757. The molecule has 3 rings (SSSR count). The minimum Gasteiger partial charge on any atom is -0.361 e. The van der Waals surface area contributed by atoms with E-state index in [1.165, 1.54) is 10.9 Å². The van der Waals surface area contributed by atoms with Crippen molar-refractivity contribution in [1.82, 2.24) is 19.7 Å². The Hall–Kier alpha value is -2.56. The molecule has 0 saturated heterocycles. The molecule has 0 spiro atoms. The predicted octanol–water partition coefficient (Wildman–Crippen LogP) is 3.19. The Morgan fingerprint density at radius 1 is 1.29 bits per heavy atom. The van der Waals surface area contributed by atoms with Crippen LogP contribution in [-0.2, 0) is 24.8 Å². The maximum atomic E-state index is 12.3. The van der Waals surface area contributed by atoms with E-state index >= 15 is 0 Å². The Bertz CT molecular complexity index is 846. The third kappa shape index (κ3) is 3.35. The van der Waals surface area contributed by atoms with Crippen LogP contribution in [0.25, 0.3) is 10.9 Å². The average molecular weight is 324 g/mol. The molecule has 2 heterocycles. The van der Waals surface area contributed by atoms with Crippen LogP contribution in [0.5, 0.6) is 0 Å². The Kier molecular flexibility index (Phi) is 4.69. The van der Waals surface area contributed by atoms with E-state index in [0.717, 1.165) is 29.6 Å². The molecule has 126 valence electrons. The molecule has 0 saturated carbocycles. The van der Waals surface area contributed by atoms with E-state index in [4.69, 9.17) is 0 Å². The SMILES string of the molecule is Cc1c(CN(C)C(=O)CCCc2c[nH]c3ccccc23)cnn1C. The zero-order valence-electron chi connectivity index (χ0n) is 14.5. The highest BCUT2D eigenvalue weighted by molar-refractivity contribution is 5.83. The van der Waals surface area contributed by atoms with E-state index in [9.17, 15) is 4.79 Å². The number of carbonyl (C=O) groups excluding carboxylic acids is 1. The molecule has 1 amide bonds. The van der Waals surface area contributed by atoms with Gasteiger partial charge in [-0.25, -0.2) is 0 Å². The zero-order chi connectivity index (χ0) is 17.1. The standard InChI is InChI=1S/C19H24N4O/c1-14-16(12-21-23(14)3)13-22(2)19(24)10-6-7-15-11-20-18-9-5-4-8-17(15)18/h4-5,8-9,11-12,20H,6-7,10,13H2,1-3H3. The Morgan fingerprint density at radius 3 is 2.83 bits per heavy atom. The summed E-state index contributed by atoms with van der Waals surface area (Å²) in [4.78, 5) is 17.4. The fourth-order valence-electron chi connectivity index (χ4n) is 3.00. The number of hydrogen-bond acceptors (Lipinski definition) is 2. The van der Waals surface area contributed by atoms with Crippen molar-refractivity contribution < 1.29 is 4.79 Å². The van der Waals surface area contributed by atoms with Gasteiger partial charge in [0.1, 0.15) is 0 Å². The van der Waals surface area contributed by atoms with Gasteiger partial charge in [0.15, 0.2) is 0 Å². The predicted molar refractivity (Wildman–Crippen MR) is 95.7 cm³/mol. The monoisotopic (exact) mass is 324 g/mol. The molecule has 1 aromatic carbocycles. The lowest BCUT2D eigenvalue weighted by atomic mass is 10.1. The van der Waals surface area contributed by atoms with Crippen LogP contribution in [0, 0.1) is 6.92 Å². The van der Waals surface area contributed by atoms with Gasteiger partial charge in [0.2, 0.25) is 5.91 Å². The van der Waals surface area contributed by atoms with Crippen LogP contribution in [0.1, 0.15) is 29.7 Å². The molecular weight excluding hydrogens is 300 g/mol. The first-order valence-corrected chi connectivity index (χ1v) is 8.32. The van der Waals surface area contributed by atoms with Crippen LogP contribution in [0.2, 0.25) is 0 Å². The average Bonchev–Trinajstić information content (AvgIpc) is 3.13. The molecule has 0 unspecified atom stereocenters. The number of fused-ring (bicyclic) bond motifs is 1. The van der Waals surface area contributed by atoms with Crippen LogP contribution in [0.4, 0.5) is 0 Å². The number of aromatic nitrogens is 3. The number of para-hydroxylation sites is 1. The number of amides is 1. The lowest BCUT2D eigenvalue weighted by Gasteiger charge is -2.17. The summed E-state index contributed by atoms with van der Waals surface area (Å²) >= 11 is 0. The molecule has 0 fully saturated rings. The maximum absolute atomic E-state index is 12.3. The van der Waals surface area contributed by atoms with Gasteiger partial charge in [0.25, 0.3) is 0 Å². The Morgan fingerprint density at radius 2 is 2.08 bits per heavy atom. The first kappa shape index (κ1) is 16.3. The lowest BCUT2D eigenvalue weighted by molar-refractivity contribution is -0.130. The molecule has 2 aromatic heterocycles. The van der Waals surface area contributed by atoms with Gasteiger partial charge in [-0.3, -0.25) is 9.48 Å². The molecule has 0 aliphatic rings. The summed E-state index contributed by atoms with van der Waals surface area (Å²) < 4.78 is 1.84. The molecule has 0 aliphatic carbocycles. The molecule has 5 heteroatoms. The van der Waals surface area contributed by atoms with Crippen LogP contribution >= 0.6 is 0 Å². The highest BCUT2D eigenvalue weighted by atomic mass is 16.2. The fourth-order valence-corrected chi connectivity index (χ4v) is 3.00. The summed E-state index contributed by atoms with van der Waals surface area (Å²) in [6.45, 7) is 2.64. The van der Waals surface area contributed by atoms with Gasteiger partial charge < -0.3 is 9.88 Å². The summed E-state index contributed by atoms with van der Waals surface area (Å²) in [7, 11) is 3.78. The highest BCUT2D eigenvalue weighted by Gasteiger charge is 2.13. The molecule has 24 heavy (non-hydrogen) atoms. The van der Waals surface area contributed by atoms with Crippen molar-refractivity contribution in [3.05, 3.63) is 53.5 Å². The van der Waals surface area contributed by atoms with Gasteiger partial charge >= 0.3 is 0 Å². The second-order valence-corrected chi connectivity index (χ2v) is 6.34. The van der Waals surface area contributed by atoms with E-state index < -0.39 is 0 Å². The van der Waals surface area contributed by atoms with Gasteiger partial charge in [-0.2, -0.15) is 5.10 Å². The first-order valence-electron chi connectivity index (χ1n) is 8.32. The van der Waals surface area contributed by atoms with Crippen molar-refractivity contribution in [2.45, 2.75) is 32.7 Å². The van der Waals surface area contributed by atoms with Gasteiger partial charge in [0, 0.05) is 55.4 Å². The zero-order valence-corrected chi connectivity index (χ0v) is 14.5. The van der Waals surface area contributed by atoms with E-state index in [1.807, 2.05) is 38.0 Å². The van der Waals surface area contributed by atoms with E-state index in [1.54, 1.807) is 4.90 Å². The molecule has 0 radical (unpaired) electrons. The van der Waals surface area contributed by atoms with Gasteiger partial charge in [-0.1, -0.05) is 18.2 Å². The number of hydrogen-bond donors (Lipinski definition) is 1. The summed E-state index contributed by atoms with van der Waals surface area (Å²) in [6.07, 6.45) is 6.23. The van der Waals surface area contributed by atoms with Crippen molar-refractivity contribution in [2.24, 2.45) is 7.05 Å². The van der Waals surface area contributed by atoms with Crippen LogP contribution in [0.3, 0.4) is 0 Å². The number of benzene rings is 1. The van der Waals surface area contributed by atoms with Crippen LogP contribution in [0.15, 0.2) is 36.7 Å². The Labute approximate surface area is 142 Å². The second-order valence-electron chi connectivity index (χ2n) is 6.34. The van der Waals surface area contributed by atoms with Crippen molar-refractivity contribution in [3.63, 3.8) is 0 Å². The highest BCUT2D eigenvalue weighted by Crippen LogP contribution is 2.19. The first-order chi connectivity index (χ1) is 11.6. The van der Waals surface area contributed by atoms with Crippen LogP contribution in [-0.4, -0.2) is 32.6 Å². The number of aryl methyl sites for hydroxylation is 2. The Balaban J connectivity index is 1.52. The minimum atomic E-state index is 0.179. The molecule has 5 nitrogen and oxygen atoms in total. The van der Waals surface area contributed by atoms with Crippen molar-refractivity contribution >= 4 is 16.8 Å². The molecule has 1 N–H and O–H groups in total. The summed E-state index contributed by atoms with van der Waals surface area (Å²) in [5.41, 5.74) is 4.64. The number of carbonyl (C=O) groups is 1. The van der Waals surface area contributed by atoms with Crippen molar-refractivity contribution in [1.29, 1.82) is 0 Å². The number of aromatic amines is 1. The normalized spacial score (nSPS) is 11.1. The summed E-state index contributed by atoms with van der Waals surface area (Å²) in [6, 6.07) is 8.28. The smallest absolute Gasteiger partial charge is 0.222 e. The molecule has 3 aromatic rings. The molecule has 0 bridgehead atoms. The maximum Gasteiger partial charge on any atom is 0.222 e. The largest absolute Gasteiger partial charge is 0.361 e. The number of nitrogens with one attached hydrogen (secondary N) is 1. The van der Waals surface area contributed by atoms with Gasteiger partial charge in [-0.05, 0) is 31.4 Å². The topological polar surface area (TPSA) is 53.9 Å². The number of H-pyrrole nitrogens is 1. The number of rotatable bonds is 6.